The Labute approximate surface area is 104 Å². The maximum Gasteiger partial charge on any atom is 0.228 e. The van der Waals surface area contributed by atoms with Crippen molar-refractivity contribution in [3.05, 3.63) is 11.1 Å². The lowest BCUT2D eigenvalue weighted by molar-refractivity contribution is -0.135. The van der Waals surface area contributed by atoms with Gasteiger partial charge in [-0.15, -0.1) is 11.3 Å². The molecule has 1 aliphatic rings. The largest absolute Gasteiger partial charge is 0.395 e. The van der Waals surface area contributed by atoms with E-state index in [9.17, 15) is 4.79 Å². The summed E-state index contributed by atoms with van der Waals surface area (Å²) in [5.41, 5.74) is 6.25. The van der Waals surface area contributed by atoms with Gasteiger partial charge in [-0.1, -0.05) is 0 Å². The molecule has 0 bridgehead atoms. The second-order valence-corrected chi connectivity index (χ2v) is 5.14. The van der Waals surface area contributed by atoms with Crippen LogP contribution in [0.4, 0.5) is 5.13 Å². The molecule has 17 heavy (non-hydrogen) atoms. The van der Waals surface area contributed by atoms with Crippen LogP contribution in [0.1, 0.15) is 25.0 Å². The SMILES string of the molecule is Nc1nc(CC(=O)N(CCO)C2CCC2)cs1. The fourth-order valence-electron chi connectivity index (χ4n) is 1.98. The Morgan fingerprint density at radius 3 is 2.88 bits per heavy atom. The van der Waals surface area contributed by atoms with E-state index in [1.807, 2.05) is 5.38 Å². The van der Waals surface area contributed by atoms with Crippen LogP contribution in [0, 0.1) is 0 Å². The summed E-state index contributed by atoms with van der Waals surface area (Å²) < 4.78 is 0. The minimum atomic E-state index is 0.0153. The van der Waals surface area contributed by atoms with E-state index in [0.717, 1.165) is 18.5 Å². The molecule has 1 saturated carbocycles. The van der Waals surface area contributed by atoms with E-state index in [-0.39, 0.29) is 18.9 Å². The number of amides is 1. The van der Waals surface area contributed by atoms with Crippen LogP contribution in [0.25, 0.3) is 0 Å². The van der Waals surface area contributed by atoms with Crippen molar-refractivity contribution in [2.24, 2.45) is 0 Å². The molecule has 1 aromatic rings. The van der Waals surface area contributed by atoms with Gasteiger partial charge in [0.05, 0.1) is 18.7 Å². The molecule has 0 unspecified atom stereocenters. The first-order valence-electron chi connectivity index (χ1n) is 5.81. The van der Waals surface area contributed by atoms with Crippen LogP contribution in [-0.2, 0) is 11.2 Å². The van der Waals surface area contributed by atoms with E-state index < -0.39 is 0 Å². The highest BCUT2D eigenvalue weighted by atomic mass is 32.1. The predicted octanol–water partition coefficient (Wildman–Crippen LogP) is 0.641. The van der Waals surface area contributed by atoms with Crippen LogP contribution in [0.15, 0.2) is 5.38 Å². The highest BCUT2D eigenvalue weighted by molar-refractivity contribution is 7.13. The van der Waals surface area contributed by atoms with E-state index in [4.69, 9.17) is 10.8 Å². The molecule has 0 atom stereocenters. The van der Waals surface area contributed by atoms with Crippen molar-refractivity contribution in [2.45, 2.75) is 31.7 Å². The molecule has 2 rings (SSSR count). The molecule has 0 radical (unpaired) electrons. The van der Waals surface area contributed by atoms with Crippen LogP contribution >= 0.6 is 11.3 Å². The van der Waals surface area contributed by atoms with Gasteiger partial charge in [-0.3, -0.25) is 4.79 Å². The number of aromatic nitrogens is 1. The number of rotatable bonds is 5. The Hall–Kier alpha value is -1.14. The number of nitrogens with zero attached hydrogens (tertiary/aromatic N) is 2. The van der Waals surface area contributed by atoms with E-state index in [1.54, 1.807) is 4.90 Å². The molecule has 1 aliphatic carbocycles. The lowest BCUT2D eigenvalue weighted by Crippen LogP contribution is -2.46. The molecule has 1 aromatic heterocycles. The normalized spacial score (nSPS) is 15.6. The van der Waals surface area contributed by atoms with Crippen molar-refractivity contribution in [3.8, 4) is 0 Å². The summed E-state index contributed by atoms with van der Waals surface area (Å²) in [4.78, 5) is 17.9. The van der Waals surface area contributed by atoms with E-state index in [2.05, 4.69) is 4.98 Å². The third-order valence-corrected chi connectivity index (χ3v) is 3.80. The first kappa shape index (κ1) is 12.3. The highest BCUT2D eigenvalue weighted by Crippen LogP contribution is 2.25. The average Bonchev–Trinajstić information content (AvgIpc) is 2.60. The van der Waals surface area contributed by atoms with Gasteiger partial charge < -0.3 is 15.7 Å². The number of carbonyl (C=O) groups is 1. The van der Waals surface area contributed by atoms with Crippen molar-refractivity contribution in [3.63, 3.8) is 0 Å². The smallest absolute Gasteiger partial charge is 0.228 e. The molecule has 0 spiro atoms. The summed E-state index contributed by atoms with van der Waals surface area (Å²) >= 11 is 1.35. The first-order valence-corrected chi connectivity index (χ1v) is 6.69. The number of hydrogen-bond acceptors (Lipinski definition) is 5. The number of nitrogens with two attached hydrogens (primary N) is 1. The van der Waals surface area contributed by atoms with Crippen LogP contribution in [0.5, 0.6) is 0 Å². The molecular formula is C11H17N3O2S. The summed E-state index contributed by atoms with van der Waals surface area (Å²) in [5, 5.41) is 11.3. The number of carbonyl (C=O) groups excluding carboxylic acids is 1. The molecule has 6 heteroatoms. The van der Waals surface area contributed by atoms with Crippen LogP contribution in [-0.4, -0.2) is 40.1 Å². The molecule has 94 valence electrons. The zero-order valence-corrected chi connectivity index (χ0v) is 10.4. The first-order chi connectivity index (χ1) is 8.20. The van der Waals surface area contributed by atoms with Gasteiger partial charge in [-0.05, 0) is 19.3 Å². The van der Waals surface area contributed by atoms with Gasteiger partial charge in [0.15, 0.2) is 5.13 Å². The molecule has 3 N–H and O–H groups in total. The van der Waals surface area contributed by atoms with Crippen molar-refractivity contribution in [1.82, 2.24) is 9.88 Å². The summed E-state index contributed by atoms with van der Waals surface area (Å²) in [6.45, 7) is 0.435. The molecular weight excluding hydrogens is 238 g/mol. The number of hydrogen-bond donors (Lipinski definition) is 2. The lowest BCUT2D eigenvalue weighted by Gasteiger charge is -2.37. The summed E-state index contributed by atoms with van der Waals surface area (Å²) in [5.74, 6) is 0.0362. The Kier molecular flexibility index (Phi) is 3.96. The molecule has 1 heterocycles. The van der Waals surface area contributed by atoms with Crippen molar-refractivity contribution in [1.29, 1.82) is 0 Å². The number of anilines is 1. The minimum Gasteiger partial charge on any atom is -0.395 e. The van der Waals surface area contributed by atoms with Crippen LogP contribution in [0.2, 0.25) is 0 Å². The van der Waals surface area contributed by atoms with Crippen LogP contribution < -0.4 is 5.73 Å². The van der Waals surface area contributed by atoms with E-state index >= 15 is 0 Å². The van der Waals surface area contributed by atoms with Gasteiger partial charge in [0.25, 0.3) is 0 Å². The van der Waals surface area contributed by atoms with Crippen molar-refractivity contribution in [2.75, 3.05) is 18.9 Å². The van der Waals surface area contributed by atoms with Gasteiger partial charge >= 0.3 is 0 Å². The Bertz CT molecular complexity index is 390. The summed E-state index contributed by atoms with van der Waals surface area (Å²) in [7, 11) is 0. The fourth-order valence-corrected chi connectivity index (χ4v) is 2.54. The molecule has 5 nitrogen and oxygen atoms in total. The predicted molar refractivity (Wildman–Crippen MR) is 66.7 cm³/mol. The maximum atomic E-state index is 12.1. The molecule has 0 saturated heterocycles. The van der Waals surface area contributed by atoms with Crippen molar-refractivity contribution >= 4 is 22.4 Å². The van der Waals surface area contributed by atoms with Gasteiger partial charge in [0.2, 0.25) is 5.91 Å². The van der Waals surface area contributed by atoms with Gasteiger partial charge in [-0.25, -0.2) is 4.98 Å². The topological polar surface area (TPSA) is 79.5 Å². The second-order valence-electron chi connectivity index (χ2n) is 4.25. The molecule has 1 fully saturated rings. The quantitative estimate of drug-likeness (QED) is 0.809. The second kappa shape index (κ2) is 5.46. The molecule has 1 amide bonds. The maximum absolute atomic E-state index is 12.1. The zero-order chi connectivity index (χ0) is 12.3. The third-order valence-electron chi connectivity index (χ3n) is 3.08. The zero-order valence-electron chi connectivity index (χ0n) is 9.63. The average molecular weight is 255 g/mol. The van der Waals surface area contributed by atoms with Crippen LogP contribution in [0.3, 0.4) is 0 Å². The highest BCUT2D eigenvalue weighted by Gasteiger charge is 2.28. The van der Waals surface area contributed by atoms with Crippen molar-refractivity contribution < 1.29 is 9.90 Å². The van der Waals surface area contributed by atoms with Gasteiger partial charge in [0, 0.05) is 18.0 Å². The van der Waals surface area contributed by atoms with Gasteiger partial charge in [-0.2, -0.15) is 0 Å². The summed E-state index contributed by atoms with van der Waals surface area (Å²) in [6.07, 6.45) is 3.55. The fraction of sp³-hybridized carbons (Fsp3) is 0.636. The monoisotopic (exact) mass is 255 g/mol. The van der Waals surface area contributed by atoms with Gasteiger partial charge in [0.1, 0.15) is 0 Å². The van der Waals surface area contributed by atoms with E-state index in [0.29, 0.717) is 17.7 Å². The lowest BCUT2D eigenvalue weighted by atomic mass is 9.91. The Morgan fingerprint density at radius 1 is 1.65 bits per heavy atom. The molecule has 0 aliphatic heterocycles. The standard InChI is InChI=1S/C11H17N3O2S/c12-11-13-8(7-17-11)6-10(16)14(4-5-15)9-2-1-3-9/h7,9,15H,1-6H2,(H2,12,13). The Morgan fingerprint density at radius 2 is 2.41 bits per heavy atom. The number of aliphatic hydroxyl groups is 1. The number of thiazole rings is 1. The Balaban J connectivity index is 1.95. The summed E-state index contributed by atoms with van der Waals surface area (Å²) in [6, 6.07) is 0.311. The number of aliphatic hydroxyl groups excluding tert-OH is 1. The van der Waals surface area contributed by atoms with E-state index in [1.165, 1.54) is 17.8 Å². The number of nitrogen functional groups attached to an aromatic ring is 1. The third kappa shape index (κ3) is 2.95. The molecule has 0 aromatic carbocycles. The minimum absolute atomic E-state index is 0.0153.